The summed E-state index contributed by atoms with van der Waals surface area (Å²) < 4.78 is 33.7. The van der Waals surface area contributed by atoms with Crippen LogP contribution in [0.4, 0.5) is 0 Å². The molecular weight excluding hydrogens is 864 g/mol. The molecule has 14 heteroatoms. The van der Waals surface area contributed by atoms with Crippen molar-refractivity contribution in [3.05, 3.63) is 12.2 Å². The summed E-state index contributed by atoms with van der Waals surface area (Å²) in [5.74, 6) is -1.08. The number of aliphatic hydroxyl groups is 5. The van der Waals surface area contributed by atoms with Gasteiger partial charge in [0.25, 0.3) is 0 Å². The maximum atomic E-state index is 12.9. The van der Waals surface area contributed by atoms with Crippen LogP contribution in [0.15, 0.2) is 12.2 Å². The number of aliphatic hydroxyl groups excluding tert-OH is 5. The highest BCUT2D eigenvalue weighted by atomic mass is 31.2. The lowest BCUT2D eigenvalue weighted by molar-refractivity contribution is -0.220. The number of esters is 2. The summed E-state index contributed by atoms with van der Waals surface area (Å²) in [6.07, 6.45) is 34.0. The first kappa shape index (κ1) is 62.6. The van der Waals surface area contributed by atoms with Crippen LogP contribution in [-0.4, -0.2) is 98.3 Å². The fourth-order valence-electron chi connectivity index (χ4n) is 8.52. The monoisotopic (exact) mass is 963 g/mol. The number of allylic oxidation sites excluding steroid dienone is 2. The molecular formula is C52H99O13P. The predicted molar refractivity (Wildman–Crippen MR) is 263 cm³/mol. The Bertz CT molecular complexity index is 1200. The molecule has 390 valence electrons. The minimum atomic E-state index is -5.12. The molecule has 1 fully saturated rings. The van der Waals surface area contributed by atoms with Gasteiger partial charge in [-0.15, -0.1) is 0 Å². The maximum absolute atomic E-state index is 12.9. The van der Waals surface area contributed by atoms with Crippen molar-refractivity contribution in [1.29, 1.82) is 0 Å². The molecule has 0 aliphatic heterocycles. The van der Waals surface area contributed by atoms with Gasteiger partial charge >= 0.3 is 19.8 Å². The van der Waals surface area contributed by atoms with Crippen molar-refractivity contribution in [2.45, 2.75) is 294 Å². The normalized spacial score (nSPS) is 21.3. The van der Waals surface area contributed by atoms with Crippen LogP contribution in [0.3, 0.4) is 0 Å². The second-order valence-corrected chi connectivity index (χ2v) is 20.5. The van der Waals surface area contributed by atoms with E-state index >= 15 is 0 Å². The average Bonchev–Trinajstić information content (AvgIpc) is 3.30. The van der Waals surface area contributed by atoms with E-state index in [2.05, 4.69) is 26.0 Å². The highest BCUT2D eigenvalue weighted by Gasteiger charge is 2.51. The molecule has 6 atom stereocenters. The molecule has 1 saturated carbocycles. The molecule has 0 aromatic rings. The number of phosphoric acid groups is 1. The minimum Gasteiger partial charge on any atom is -0.462 e. The third-order valence-electron chi connectivity index (χ3n) is 12.9. The van der Waals surface area contributed by atoms with Crippen molar-refractivity contribution < 1.29 is 63.1 Å². The van der Waals surface area contributed by atoms with Crippen LogP contribution in [-0.2, 0) is 32.7 Å². The van der Waals surface area contributed by atoms with Gasteiger partial charge in [0.15, 0.2) is 6.10 Å². The fourth-order valence-corrected chi connectivity index (χ4v) is 9.49. The molecule has 1 rings (SSSR count). The topological polar surface area (TPSA) is 210 Å². The molecule has 0 heterocycles. The first-order valence-corrected chi connectivity index (χ1v) is 28.5. The fraction of sp³-hybridized carbons (Fsp3) is 0.923. The summed E-state index contributed by atoms with van der Waals surface area (Å²) >= 11 is 0. The highest BCUT2D eigenvalue weighted by molar-refractivity contribution is 7.47. The zero-order valence-corrected chi connectivity index (χ0v) is 42.7. The number of unbranched alkanes of at least 4 members (excludes halogenated alkanes) is 32. The van der Waals surface area contributed by atoms with Crippen LogP contribution in [0.1, 0.15) is 251 Å². The van der Waals surface area contributed by atoms with Gasteiger partial charge in [0.05, 0.1) is 6.61 Å². The van der Waals surface area contributed by atoms with Crippen molar-refractivity contribution in [3.8, 4) is 0 Å². The lowest BCUT2D eigenvalue weighted by Crippen LogP contribution is -2.64. The van der Waals surface area contributed by atoms with Crippen LogP contribution in [0.2, 0.25) is 0 Å². The van der Waals surface area contributed by atoms with Crippen LogP contribution in [0.5, 0.6) is 0 Å². The second-order valence-electron chi connectivity index (χ2n) is 19.1. The number of phosphoric ester groups is 1. The molecule has 0 radical (unpaired) electrons. The Kier molecular flexibility index (Phi) is 40.3. The zero-order chi connectivity index (χ0) is 48.5. The molecule has 1 aliphatic carbocycles. The molecule has 6 unspecified atom stereocenters. The zero-order valence-electron chi connectivity index (χ0n) is 41.8. The van der Waals surface area contributed by atoms with E-state index in [1.54, 1.807) is 0 Å². The van der Waals surface area contributed by atoms with E-state index in [-0.39, 0.29) is 12.8 Å². The van der Waals surface area contributed by atoms with Crippen LogP contribution >= 0.6 is 7.82 Å². The summed E-state index contributed by atoms with van der Waals surface area (Å²) in [4.78, 5) is 35.8. The lowest BCUT2D eigenvalue weighted by atomic mass is 9.85. The predicted octanol–water partition coefficient (Wildman–Crippen LogP) is 11.8. The first-order valence-electron chi connectivity index (χ1n) is 27.0. The van der Waals surface area contributed by atoms with Crippen molar-refractivity contribution in [3.63, 3.8) is 0 Å². The molecule has 0 amide bonds. The van der Waals surface area contributed by atoms with Crippen molar-refractivity contribution in [1.82, 2.24) is 0 Å². The summed E-state index contributed by atoms with van der Waals surface area (Å²) in [6.45, 7) is 3.34. The van der Waals surface area contributed by atoms with Gasteiger partial charge in [0.1, 0.15) is 43.2 Å². The molecule has 6 N–H and O–H groups in total. The average molecular weight is 963 g/mol. The quantitative estimate of drug-likeness (QED) is 0.0145. The van der Waals surface area contributed by atoms with Gasteiger partial charge in [-0.05, 0) is 38.5 Å². The van der Waals surface area contributed by atoms with Crippen LogP contribution < -0.4 is 0 Å². The van der Waals surface area contributed by atoms with Crippen LogP contribution in [0.25, 0.3) is 0 Å². The number of hydrogen-bond donors (Lipinski definition) is 6. The maximum Gasteiger partial charge on any atom is 0.472 e. The Labute approximate surface area is 401 Å². The van der Waals surface area contributed by atoms with E-state index in [9.17, 15) is 44.6 Å². The number of rotatable bonds is 46. The van der Waals surface area contributed by atoms with E-state index in [0.717, 1.165) is 44.9 Å². The van der Waals surface area contributed by atoms with Gasteiger partial charge in [-0.2, -0.15) is 0 Å². The van der Waals surface area contributed by atoms with E-state index in [4.69, 9.17) is 18.5 Å². The van der Waals surface area contributed by atoms with E-state index in [1.165, 1.54) is 167 Å². The SMILES string of the molecule is CCCCCCCCCC/C=C\CCCCCCCCCCCCCC(=O)OC(COC(=O)CCCCCCCCCCCCCCCC)COP(=O)(O)OC1C(O)C(O)C(O)C(O)C1O. The largest absolute Gasteiger partial charge is 0.472 e. The van der Waals surface area contributed by atoms with Crippen molar-refractivity contribution in [2.75, 3.05) is 13.2 Å². The smallest absolute Gasteiger partial charge is 0.462 e. The van der Waals surface area contributed by atoms with Gasteiger partial charge in [0.2, 0.25) is 0 Å². The molecule has 66 heavy (non-hydrogen) atoms. The van der Waals surface area contributed by atoms with Gasteiger partial charge < -0.3 is 39.9 Å². The number of carbonyl (C=O) groups excluding carboxylic acids is 2. The Morgan fingerprint density at radius 2 is 0.773 bits per heavy atom. The molecule has 0 spiro atoms. The molecule has 0 aromatic carbocycles. The number of hydrogen-bond acceptors (Lipinski definition) is 12. The molecule has 13 nitrogen and oxygen atoms in total. The third-order valence-corrected chi connectivity index (χ3v) is 13.8. The Balaban J connectivity index is 2.34. The second kappa shape index (κ2) is 42.5. The van der Waals surface area contributed by atoms with Gasteiger partial charge in [-0.25, -0.2) is 4.57 Å². The van der Waals surface area contributed by atoms with Gasteiger partial charge in [-0.3, -0.25) is 18.6 Å². The van der Waals surface area contributed by atoms with E-state index in [0.29, 0.717) is 12.8 Å². The minimum absolute atomic E-state index is 0.101. The van der Waals surface area contributed by atoms with E-state index in [1.807, 2.05) is 0 Å². The summed E-state index contributed by atoms with van der Waals surface area (Å²) in [7, 11) is -5.12. The summed E-state index contributed by atoms with van der Waals surface area (Å²) in [5, 5.41) is 50.3. The molecule has 0 saturated heterocycles. The Morgan fingerprint density at radius 1 is 0.455 bits per heavy atom. The Hall–Kier alpha value is -1.41. The van der Waals surface area contributed by atoms with Gasteiger partial charge in [0, 0.05) is 12.8 Å². The molecule has 0 bridgehead atoms. The highest BCUT2D eigenvalue weighted by Crippen LogP contribution is 2.47. The van der Waals surface area contributed by atoms with Gasteiger partial charge in [-0.1, -0.05) is 212 Å². The first-order chi connectivity index (χ1) is 31.9. The van der Waals surface area contributed by atoms with Crippen molar-refractivity contribution >= 4 is 19.8 Å². The lowest BCUT2D eigenvalue weighted by Gasteiger charge is -2.41. The molecule has 0 aromatic heterocycles. The summed E-state index contributed by atoms with van der Waals surface area (Å²) in [5.41, 5.74) is 0. The number of carbonyl (C=O) groups is 2. The Morgan fingerprint density at radius 3 is 1.15 bits per heavy atom. The third kappa shape index (κ3) is 34.0. The standard InChI is InChI=1S/C52H99O13P/c1-3-5-7-9-11-13-15-17-19-20-21-22-23-24-25-26-27-29-31-33-35-37-39-41-46(54)64-44(43-63-66(60,61)65-52-50(58)48(56)47(55)49(57)51(52)59)42-62-45(53)40-38-36-34-32-30-28-18-16-14-12-10-8-6-4-2/h20-21,44,47-52,55-59H,3-19,22-43H2,1-2H3,(H,60,61)/b21-20-. The summed E-state index contributed by atoms with van der Waals surface area (Å²) in [6, 6.07) is 0. The molecule has 1 aliphatic rings. The van der Waals surface area contributed by atoms with Crippen molar-refractivity contribution in [2.24, 2.45) is 0 Å². The van der Waals surface area contributed by atoms with Crippen LogP contribution in [0, 0.1) is 0 Å². The van der Waals surface area contributed by atoms with E-state index < -0.39 is 75.7 Å². The number of ether oxygens (including phenoxy) is 2.